The minimum atomic E-state index is 0.0903. The van der Waals surface area contributed by atoms with E-state index in [0.717, 1.165) is 25.0 Å². The average molecular weight is 310 g/mol. The first kappa shape index (κ1) is 15.7. The molecule has 3 rings (SSSR count). The highest BCUT2D eigenvalue weighted by Gasteiger charge is 2.29. The molecule has 1 aromatic heterocycles. The zero-order chi connectivity index (χ0) is 15.9. The number of hydrogen-bond donors (Lipinski definition) is 1. The van der Waals surface area contributed by atoms with Crippen molar-refractivity contribution in [1.82, 2.24) is 10.3 Å². The van der Waals surface area contributed by atoms with Gasteiger partial charge in [0.1, 0.15) is 0 Å². The number of carbonyl (C=O) groups is 1. The van der Waals surface area contributed by atoms with E-state index in [-0.39, 0.29) is 12.0 Å². The lowest BCUT2D eigenvalue weighted by Gasteiger charge is -2.19. The van der Waals surface area contributed by atoms with Crippen molar-refractivity contribution in [2.24, 2.45) is 5.92 Å². The van der Waals surface area contributed by atoms with Crippen molar-refractivity contribution in [3.8, 4) is 0 Å². The summed E-state index contributed by atoms with van der Waals surface area (Å²) in [6.07, 6.45) is 5.85. The summed E-state index contributed by atoms with van der Waals surface area (Å²) in [5, 5.41) is 3.06. The molecule has 0 bridgehead atoms. The molecule has 1 aliphatic rings. The second kappa shape index (κ2) is 7.88. The molecule has 0 spiro atoms. The van der Waals surface area contributed by atoms with Gasteiger partial charge in [-0.25, -0.2) is 0 Å². The van der Waals surface area contributed by atoms with Crippen LogP contribution in [0, 0.1) is 5.92 Å². The predicted molar refractivity (Wildman–Crippen MR) is 88.8 cm³/mol. The van der Waals surface area contributed by atoms with Crippen LogP contribution in [0.5, 0.6) is 0 Å². The summed E-state index contributed by atoms with van der Waals surface area (Å²) in [5.74, 6) is 0.437. The molecule has 1 aromatic carbocycles. The van der Waals surface area contributed by atoms with Crippen molar-refractivity contribution in [3.63, 3.8) is 0 Å². The number of aryl methyl sites for hydroxylation is 1. The zero-order valence-corrected chi connectivity index (χ0v) is 13.2. The van der Waals surface area contributed by atoms with Gasteiger partial charge < -0.3 is 10.1 Å². The van der Waals surface area contributed by atoms with E-state index < -0.39 is 0 Å². The lowest BCUT2D eigenvalue weighted by Crippen LogP contribution is -2.30. The van der Waals surface area contributed by atoms with Crippen LogP contribution in [0.1, 0.15) is 30.1 Å². The van der Waals surface area contributed by atoms with Crippen molar-refractivity contribution >= 4 is 5.91 Å². The number of hydrogen-bond acceptors (Lipinski definition) is 3. The van der Waals surface area contributed by atoms with Crippen molar-refractivity contribution < 1.29 is 9.53 Å². The molecule has 2 aromatic rings. The maximum absolute atomic E-state index is 12.0. The molecule has 1 saturated heterocycles. The number of carbonyl (C=O) groups excluding carboxylic acids is 1. The number of aromatic nitrogens is 1. The normalized spacial score (nSPS) is 20.3. The molecule has 23 heavy (non-hydrogen) atoms. The highest BCUT2D eigenvalue weighted by molar-refractivity contribution is 5.76. The van der Waals surface area contributed by atoms with Gasteiger partial charge in [0.25, 0.3) is 0 Å². The third kappa shape index (κ3) is 4.39. The first-order valence-corrected chi connectivity index (χ1v) is 8.15. The van der Waals surface area contributed by atoms with Crippen LogP contribution < -0.4 is 5.32 Å². The molecule has 2 atom stereocenters. The van der Waals surface area contributed by atoms with Crippen LogP contribution in [0.2, 0.25) is 0 Å². The summed E-state index contributed by atoms with van der Waals surface area (Å²) in [5.41, 5.74) is 2.29. The van der Waals surface area contributed by atoms with Gasteiger partial charge in [-0.15, -0.1) is 0 Å². The van der Waals surface area contributed by atoms with E-state index in [4.69, 9.17) is 4.74 Å². The summed E-state index contributed by atoms with van der Waals surface area (Å²) in [6, 6.07) is 14.1. The number of rotatable bonds is 6. The maximum Gasteiger partial charge on any atom is 0.220 e. The van der Waals surface area contributed by atoms with Crippen molar-refractivity contribution in [1.29, 1.82) is 0 Å². The molecule has 120 valence electrons. The molecule has 0 unspecified atom stereocenters. The topological polar surface area (TPSA) is 51.2 Å². The van der Waals surface area contributed by atoms with Crippen molar-refractivity contribution in [2.75, 3.05) is 13.2 Å². The number of ether oxygens (including phenoxy) is 1. The van der Waals surface area contributed by atoms with E-state index in [0.29, 0.717) is 18.9 Å². The lowest BCUT2D eigenvalue weighted by atomic mass is 9.95. The Balaban J connectivity index is 1.46. The van der Waals surface area contributed by atoms with Crippen LogP contribution in [-0.2, 0) is 16.0 Å². The van der Waals surface area contributed by atoms with E-state index in [1.807, 2.05) is 36.5 Å². The molecule has 1 N–H and O–H groups in total. The van der Waals surface area contributed by atoms with Crippen molar-refractivity contribution in [3.05, 3.63) is 66.0 Å². The molecule has 1 fully saturated rings. The van der Waals surface area contributed by atoms with E-state index >= 15 is 0 Å². The van der Waals surface area contributed by atoms with Crippen molar-refractivity contribution in [2.45, 2.75) is 25.4 Å². The second-order valence-corrected chi connectivity index (χ2v) is 5.92. The van der Waals surface area contributed by atoms with Gasteiger partial charge in [0.05, 0.1) is 6.10 Å². The van der Waals surface area contributed by atoms with Crippen LogP contribution in [-0.4, -0.2) is 24.0 Å². The fourth-order valence-corrected chi connectivity index (χ4v) is 2.99. The molecule has 1 amide bonds. The van der Waals surface area contributed by atoms with Gasteiger partial charge in [0.2, 0.25) is 5.91 Å². The molecule has 4 heteroatoms. The Hall–Kier alpha value is -2.20. The summed E-state index contributed by atoms with van der Waals surface area (Å²) >= 11 is 0. The molecular weight excluding hydrogens is 288 g/mol. The number of amides is 1. The molecule has 4 nitrogen and oxygen atoms in total. The summed E-state index contributed by atoms with van der Waals surface area (Å²) in [4.78, 5) is 16.1. The van der Waals surface area contributed by atoms with Crippen LogP contribution in [0.3, 0.4) is 0 Å². The summed E-state index contributed by atoms with van der Waals surface area (Å²) < 4.78 is 5.85. The molecule has 0 aliphatic carbocycles. The Morgan fingerprint density at radius 1 is 1.22 bits per heavy atom. The minimum Gasteiger partial charge on any atom is -0.373 e. The highest BCUT2D eigenvalue weighted by atomic mass is 16.5. The van der Waals surface area contributed by atoms with E-state index in [9.17, 15) is 4.79 Å². The smallest absolute Gasteiger partial charge is 0.220 e. The fraction of sp³-hybridized carbons (Fsp3) is 0.368. The highest BCUT2D eigenvalue weighted by Crippen LogP contribution is 2.33. The lowest BCUT2D eigenvalue weighted by molar-refractivity contribution is -0.121. The number of pyridine rings is 1. The fourth-order valence-electron chi connectivity index (χ4n) is 2.99. The molecule has 2 heterocycles. The first-order valence-electron chi connectivity index (χ1n) is 8.15. The largest absolute Gasteiger partial charge is 0.373 e. The Labute approximate surface area is 136 Å². The molecule has 0 radical (unpaired) electrons. The SMILES string of the molecule is O=C(CCc1cccnc1)NC[C@H]1CCO[C@@H]1c1ccccc1. The molecule has 0 saturated carbocycles. The van der Waals surface area contributed by atoms with Crippen LogP contribution >= 0.6 is 0 Å². The van der Waals surface area contributed by atoms with Crippen LogP contribution in [0.4, 0.5) is 0 Å². The van der Waals surface area contributed by atoms with Gasteiger partial charge in [-0.05, 0) is 30.0 Å². The number of benzene rings is 1. The van der Waals surface area contributed by atoms with Gasteiger partial charge in [-0.2, -0.15) is 0 Å². The zero-order valence-electron chi connectivity index (χ0n) is 13.2. The van der Waals surface area contributed by atoms with E-state index in [2.05, 4.69) is 22.4 Å². The third-order valence-corrected chi connectivity index (χ3v) is 4.27. The quantitative estimate of drug-likeness (QED) is 0.892. The van der Waals surface area contributed by atoms with Gasteiger partial charge in [0.15, 0.2) is 0 Å². The average Bonchev–Trinajstić information content (AvgIpc) is 3.08. The Kier molecular flexibility index (Phi) is 5.37. The Morgan fingerprint density at radius 2 is 2.09 bits per heavy atom. The monoisotopic (exact) mass is 310 g/mol. The second-order valence-electron chi connectivity index (χ2n) is 5.92. The van der Waals surface area contributed by atoms with Gasteiger partial charge in [-0.1, -0.05) is 36.4 Å². The predicted octanol–water partition coefficient (Wildman–Crippen LogP) is 2.91. The number of nitrogens with one attached hydrogen (secondary N) is 1. The Morgan fingerprint density at radius 3 is 2.87 bits per heavy atom. The molecular formula is C19H22N2O2. The van der Waals surface area contributed by atoms with Crippen LogP contribution in [0.15, 0.2) is 54.9 Å². The van der Waals surface area contributed by atoms with Gasteiger partial charge >= 0.3 is 0 Å². The maximum atomic E-state index is 12.0. The summed E-state index contributed by atoms with van der Waals surface area (Å²) in [6.45, 7) is 1.43. The number of nitrogens with zero attached hydrogens (tertiary/aromatic N) is 1. The Bertz CT molecular complexity index is 616. The minimum absolute atomic E-state index is 0.0903. The van der Waals surface area contributed by atoms with Gasteiger partial charge in [0, 0.05) is 37.9 Å². The van der Waals surface area contributed by atoms with E-state index in [1.54, 1.807) is 6.20 Å². The third-order valence-electron chi connectivity index (χ3n) is 4.27. The molecule has 1 aliphatic heterocycles. The van der Waals surface area contributed by atoms with E-state index in [1.165, 1.54) is 5.56 Å². The summed E-state index contributed by atoms with van der Waals surface area (Å²) in [7, 11) is 0. The van der Waals surface area contributed by atoms with Crippen LogP contribution in [0.25, 0.3) is 0 Å². The first-order chi connectivity index (χ1) is 11.3. The standard InChI is InChI=1S/C19H22N2O2/c22-18(9-8-15-5-4-11-20-13-15)21-14-17-10-12-23-19(17)16-6-2-1-3-7-16/h1-7,11,13,17,19H,8-10,12,14H2,(H,21,22)/t17-,19-/m1/s1. The van der Waals surface area contributed by atoms with Gasteiger partial charge in [-0.3, -0.25) is 9.78 Å².